The molecule has 0 radical (unpaired) electrons. The van der Waals surface area contributed by atoms with Crippen LogP contribution in [0.3, 0.4) is 0 Å². The van der Waals surface area contributed by atoms with Gasteiger partial charge in [0.25, 0.3) is 0 Å². The molecule has 0 spiro atoms. The first-order chi connectivity index (χ1) is 8.51. The number of sulfonamides is 1. The number of rotatable bonds is 4. The molecule has 0 heterocycles. The summed E-state index contributed by atoms with van der Waals surface area (Å²) in [4.78, 5) is 0.155. The first-order valence-electron chi connectivity index (χ1n) is 6.40. The van der Waals surface area contributed by atoms with Crippen molar-refractivity contribution in [3.05, 3.63) is 29.8 Å². The summed E-state index contributed by atoms with van der Waals surface area (Å²) in [5, 5.41) is 8.63. The van der Waals surface area contributed by atoms with Crippen LogP contribution in [0, 0.1) is 5.41 Å². The van der Waals surface area contributed by atoms with E-state index in [0.717, 1.165) is 5.56 Å². The van der Waals surface area contributed by atoms with Crippen LogP contribution in [0.4, 0.5) is 0 Å². The largest absolute Gasteiger partial charge is 0.307 e. The van der Waals surface area contributed by atoms with Gasteiger partial charge in [-0.25, -0.2) is 13.6 Å². The molecule has 19 heavy (non-hydrogen) atoms. The molecule has 0 aliphatic carbocycles. The van der Waals surface area contributed by atoms with E-state index in [1.165, 1.54) is 6.07 Å². The molecule has 0 bridgehead atoms. The van der Waals surface area contributed by atoms with Crippen LogP contribution in [0.1, 0.15) is 46.2 Å². The lowest BCUT2D eigenvalue weighted by Crippen LogP contribution is -2.39. The monoisotopic (exact) mass is 284 g/mol. The molecule has 5 heteroatoms. The van der Waals surface area contributed by atoms with Crippen molar-refractivity contribution < 1.29 is 8.42 Å². The number of nitrogens with one attached hydrogen (secondary N) is 1. The Morgan fingerprint density at radius 2 is 1.79 bits per heavy atom. The van der Waals surface area contributed by atoms with Gasteiger partial charge < -0.3 is 5.32 Å². The van der Waals surface area contributed by atoms with Crippen molar-refractivity contribution in [2.75, 3.05) is 0 Å². The van der Waals surface area contributed by atoms with Crippen LogP contribution in [0.2, 0.25) is 0 Å². The van der Waals surface area contributed by atoms with Gasteiger partial charge in [0.15, 0.2) is 0 Å². The van der Waals surface area contributed by atoms with Crippen molar-refractivity contribution in [3.63, 3.8) is 0 Å². The van der Waals surface area contributed by atoms with Gasteiger partial charge >= 0.3 is 0 Å². The zero-order valence-corrected chi connectivity index (χ0v) is 13.1. The van der Waals surface area contributed by atoms with Gasteiger partial charge in [0.1, 0.15) is 0 Å². The van der Waals surface area contributed by atoms with Crippen LogP contribution in [0.5, 0.6) is 0 Å². The number of hydrogen-bond donors (Lipinski definition) is 2. The van der Waals surface area contributed by atoms with E-state index in [4.69, 9.17) is 5.14 Å². The van der Waals surface area contributed by atoms with E-state index in [0.29, 0.717) is 6.04 Å². The van der Waals surface area contributed by atoms with Crippen molar-refractivity contribution in [2.24, 2.45) is 10.6 Å². The Hall–Kier alpha value is -0.910. The number of benzene rings is 1. The molecule has 2 atom stereocenters. The number of nitrogens with two attached hydrogens (primary N) is 1. The Bertz CT molecular complexity index is 533. The third-order valence-corrected chi connectivity index (χ3v) is 4.40. The molecule has 0 aliphatic heterocycles. The molecule has 1 rings (SSSR count). The third kappa shape index (κ3) is 4.60. The number of primary sulfonamides is 1. The lowest BCUT2D eigenvalue weighted by atomic mass is 9.87. The molecular formula is C14H24N2O2S. The van der Waals surface area contributed by atoms with Crippen molar-refractivity contribution in [1.29, 1.82) is 0 Å². The average molecular weight is 284 g/mol. The minimum absolute atomic E-state index is 0.0657. The SMILES string of the molecule is CC(NC(C)C(C)(C)C)c1cccc(S(N)(=O)=O)c1. The highest BCUT2D eigenvalue weighted by Crippen LogP contribution is 2.23. The van der Waals surface area contributed by atoms with Gasteiger partial charge in [0.05, 0.1) is 4.90 Å². The number of hydrogen-bond acceptors (Lipinski definition) is 3. The van der Waals surface area contributed by atoms with Crippen LogP contribution in [-0.4, -0.2) is 14.5 Å². The van der Waals surface area contributed by atoms with Crippen LogP contribution in [-0.2, 0) is 10.0 Å². The van der Waals surface area contributed by atoms with Gasteiger partial charge in [0, 0.05) is 12.1 Å². The van der Waals surface area contributed by atoms with E-state index in [1.807, 2.05) is 13.0 Å². The van der Waals surface area contributed by atoms with Crippen molar-refractivity contribution >= 4 is 10.0 Å². The fourth-order valence-electron chi connectivity index (χ4n) is 1.68. The van der Waals surface area contributed by atoms with Crippen LogP contribution in [0.15, 0.2) is 29.2 Å². The van der Waals surface area contributed by atoms with Crippen molar-refractivity contribution in [2.45, 2.75) is 51.6 Å². The third-order valence-electron chi connectivity index (χ3n) is 3.49. The Morgan fingerprint density at radius 3 is 2.26 bits per heavy atom. The Labute approximate surface area is 116 Å². The highest BCUT2D eigenvalue weighted by molar-refractivity contribution is 7.89. The normalized spacial score (nSPS) is 16.1. The molecule has 1 aromatic rings. The Balaban J connectivity index is 2.93. The van der Waals surface area contributed by atoms with E-state index < -0.39 is 10.0 Å². The lowest BCUT2D eigenvalue weighted by molar-refractivity contribution is 0.268. The highest BCUT2D eigenvalue weighted by atomic mass is 32.2. The molecule has 1 aromatic carbocycles. The van der Waals surface area contributed by atoms with E-state index in [9.17, 15) is 8.42 Å². The van der Waals surface area contributed by atoms with Gasteiger partial charge in [-0.15, -0.1) is 0 Å². The minimum atomic E-state index is -3.64. The van der Waals surface area contributed by atoms with E-state index in [1.54, 1.807) is 12.1 Å². The standard InChI is InChI=1S/C14H24N2O2S/c1-10(16-11(2)14(3,4)5)12-7-6-8-13(9-12)19(15,17)18/h6-11,16H,1-5H3,(H2,15,17,18). The summed E-state index contributed by atoms with van der Waals surface area (Å²) < 4.78 is 22.7. The van der Waals surface area contributed by atoms with Crippen LogP contribution in [0.25, 0.3) is 0 Å². The maximum Gasteiger partial charge on any atom is 0.238 e. The van der Waals surface area contributed by atoms with Gasteiger partial charge in [-0.05, 0) is 37.0 Å². The van der Waals surface area contributed by atoms with E-state index >= 15 is 0 Å². The van der Waals surface area contributed by atoms with Gasteiger partial charge in [-0.2, -0.15) is 0 Å². The predicted octanol–water partition coefficient (Wildman–Crippen LogP) is 2.42. The second kappa shape index (κ2) is 5.61. The summed E-state index contributed by atoms with van der Waals surface area (Å²) in [5.41, 5.74) is 1.06. The molecule has 0 saturated carbocycles. The van der Waals surface area contributed by atoms with Crippen LogP contribution < -0.4 is 10.5 Å². The topological polar surface area (TPSA) is 72.2 Å². The average Bonchev–Trinajstić information content (AvgIpc) is 2.26. The zero-order valence-electron chi connectivity index (χ0n) is 12.3. The van der Waals surface area contributed by atoms with Crippen molar-refractivity contribution in [1.82, 2.24) is 5.32 Å². The zero-order chi connectivity index (χ0) is 14.8. The molecule has 0 aliphatic rings. The molecule has 0 saturated heterocycles. The summed E-state index contributed by atoms with van der Waals surface area (Å²) in [6.45, 7) is 10.6. The van der Waals surface area contributed by atoms with Gasteiger partial charge in [-0.1, -0.05) is 32.9 Å². The van der Waals surface area contributed by atoms with Crippen LogP contribution >= 0.6 is 0 Å². The Kier molecular flexibility index (Phi) is 4.76. The summed E-state index contributed by atoms with van der Waals surface area (Å²) in [6.07, 6.45) is 0. The smallest absolute Gasteiger partial charge is 0.238 e. The molecule has 2 unspecified atom stereocenters. The quantitative estimate of drug-likeness (QED) is 0.892. The molecular weight excluding hydrogens is 260 g/mol. The first-order valence-corrected chi connectivity index (χ1v) is 7.95. The summed E-state index contributed by atoms with van der Waals surface area (Å²) in [5.74, 6) is 0. The fourth-order valence-corrected chi connectivity index (χ4v) is 2.25. The first kappa shape index (κ1) is 16.1. The van der Waals surface area contributed by atoms with E-state index in [2.05, 4.69) is 33.0 Å². The molecule has 108 valence electrons. The fraction of sp³-hybridized carbons (Fsp3) is 0.571. The maximum atomic E-state index is 11.3. The molecule has 0 amide bonds. The minimum Gasteiger partial charge on any atom is -0.307 e. The molecule has 0 aromatic heterocycles. The molecule has 0 fully saturated rings. The summed E-state index contributed by atoms with van der Waals surface area (Å²) >= 11 is 0. The van der Waals surface area contributed by atoms with Crippen molar-refractivity contribution in [3.8, 4) is 0 Å². The Morgan fingerprint density at radius 1 is 1.21 bits per heavy atom. The van der Waals surface area contributed by atoms with Gasteiger partial charge in [-0.3, -0.25) is 0 Å². The van der Waals surface area contributed by atoms with E-state index in [-0.39, 0.29) is 16.4 Å². The second-order valence-corrected chi connectivity index (χ2v) is 7.65. The second-order valence-electron chi connectivity index (χ2n) is 6.09. The highest BCUT2D eigenvalue weighted by Gasteiger charge is 2.22. The maximum absolute atomic E-state index is 11.3. The molecule has 4 nitrogen and oxygen atoms in total. The summed E-state index contributed by atoms with van der Waals surface area (Å²) in [7, 11) is -3.64. The van der Waals surface area contributed by atoms with Gasteiger partial charge in [0.2, 0.25) is 10.0 Å². The summed E-state index contributed by atoms with van der Waals surface area (Å²) in [6, 6.07) is 7.13. The predicted molar refractivity (Wildman–Crippen MR) is 78.3 cm³/mol. The lowest BCUT2D eigenvalue weighted by Gasteiger charge is -2.31. The molecule has 3 N–H and O–H groups in total.